The summed E-state index contributed by atoms with van der Waals surface area (Å²) in [6.07, 6.45) is -7.16. The van der Waals surface area contributed by atoms with E-state index in [0.29, 0.717) is 0 Å². The van der Waals surface area contributed by atoms with Crippen LogP contribution >= 0.6 is 0 Å². The Hall–Kier alpha value is -0.820. The van der Waals surface area contributed by atoms with Gasteiger partial charge in [-0.25, -0.2) is 0 Å². The molecule has 96 valence electrons. The zero-order valence-corrected chi connectivity index (χ0v) is 9.39. The van der Waals surface area contributed by atoms with Gasteiger partial charge in [0.15, 0.2) is 6.10 Å². The van der Waals surface area contributed by atoms with Crippen molar-refractivity contribution in [3.05, 3.63) is 0 Å². The molecule has 0 bridgehead atoms. The molecule has 0 radical (unpaired) electrons. The number of nitrogens with one attached hydrogen (secondary N) is 1. The molecule has 0 spiro atoms. The van der Waals surface area contributed by atoms with Crippen LogP contribution in [0.4, 0.5) is 13.2 Å². The molecule has 0 aromatic rings. The van der Waals surface area contributed by atoms with Crippen molar-refractivity contribution in [1.29, 1.82) is 0 Å². The van der Waals surface area contributed by atoms with Gasteiger partial charge < -0.3 is 15.2 Å². The third kappa shape index (κ3) is 7.47. The number of esters is 1. The van der Waals surface area contributed by atoms with E-state index in [4.69, 9.17) is 9.84 Å². The summed E-state index contributed by atoms with van der Waals surface area (Å²) in [4.78, 5) is 11.0. The fourth-order valence-electron chi connectivity index (χ4n) is 0.804. The van der Waals surface area contributed by atoms with Gasteiger partial charge in [0.05, 0.1) is 6.54 Å². The summed E-state index contributed by atoms with van der Waals surface area (Å²) in [6.45, 7) is 3.84. The Labute approximate surface area is 91.8 Å². The van der Waals surface area contributed by atoms with E-state index in [1.807, 2.05) is 0 Å². The summed E-state index contributed by atoms with van der Waals surface area (Å²) in [5.74, 6) is -0.665. The second-order valence-electron chi connectivity index (χ2n) is 4.27. The number of aliphatic hydroxyl groups is 1. The molecule has 0 rings (SSSR count). The SMILES string of the molecule is CC(C)(C)OC(=O)CNCC(O)C(F)(F)F. The van der Waals surface area contributed by atoms with E-state index in [1.165, 1.54) is 0 Å². The normalized spacial score (nSPS) is 14.7. The van der Waals surface area contributed by atoms with Gasteiger partial charge in [0, 0.05) is 6.54 Å². The van der Waals surface area contributed by atoms with Crippen molar-refractivity contribution in [3.63, 3.8) is 0 Å². The predicted octanol–water partition coefficient (Wildman–Crippen LogP) is 0.841. The lowest BCUT2D eigenvalue weighted by molar-refractivity contribution is -0.202. The van der Waals surface area contributed by atoms with E-state index in [2.05, 4.69) is 5.32 Å². The Kier molecular flexibility index (Phi) is 5.21. The molecule has 0 aromatic heterocycles. The van der Waals surface area contributed by atoms with Crippen molar-refractivity contribution >= 4 is 5.97 Å². The smallest absolute Gasteiger partial charge is 0.415 e. The Morgan fingerprint density at radius 3 is 2.25 bits per heavy atom. The van der Waals surface area contributed by atoms with Gasteiger partial charge >= 0.3 is 12.1 Å². The first kappa shape index (κ1) is 15.2. The van der Waals surface area contributed by atoms with Crippen LogP contribution in [0.25, 0.3) is 0 Å². The zero-order chi connectivity index (χ0) is 13.0. The average Bonchev–Trinajstić information content (AvgIpc) is 1.98. The van der Waals surface area contributed by atoms with Crippen LogP contribution in [-0.2, 0) is 9.53 Å². The van der Waals surface area contributed by atoms with Gasteiger partial charge in [-0.15, -0.1) is 0 Å². The molecule has 16 heavy (non-hydrogen) atoms. The Balaban J connectivity index is 3.79. The Morgan fingerprint density at radius 1 is 1.38 bits per heavy atom. The van der Waals surface area contributed by atoms with Gasteiger partial charge in [0.2, 0.25) is 0 Å². The van der Waals surface area contributed by atoms with Crippen molar-refractivity contribution in [1.82, 2.24) is 5.32 Å². The molecule has 0 saturated heterocycles. The summed E-state index contributed by atoms with van der Waals surface area (Å²) in [5.41, 5.74) is -0.679. The van der Waals surface area contributed by atoms with Crippen molar-refractivity contribution in [2.45, 2.75) is 38.7 Å². The van der Waals surface area contributed by atoms with Crippen LogP contribution in [0.3, 0.4) is 0 Å². The summed E-state index contributed by atoms with van der Waals surface area (Å²) in [6, 6.07) is 0. The maximum absolute atomic E-state index is 11.8. The van der Waals surface area contributed by atoms with Gasteiger partial charge in [0.1, 0.15) is 5.60 Å². The molecule has 0 aliphatic heterocycles. The summed E-state index contributed by atoms with van der Waals surface area (Å²) in [5, 5.41) is 10.8. The largest absolute Gasteiger partial charge is 0.459 e. The zero-order valence-electron chi connectivity index (χ0n) is 9.39. The third-order valence-corrected chi connectivity index (χ3v) is 1.40. The minimum atomic E-state index is -4.68. The average molecular weight is 243 g/mol. The molecular weight excluding hydrogens is 227 g/mol. The fraction of sp³-hybridized carbons (Fsp3) is 0.889. The molecular formula is C9H16F3NO3. The summed E-state index contributed by atoms with van der Waals surface area (Å²) >= 11 is 0. The lowest BCUT2D eigenvalue weighted by Gasteiger charge is -2.20. The fourth-order valence-corrected chi connectivity index (χ4v) is 0.804. The standard InChI is InChI=1S/C9H16F3NO3/c1-8(2,3)16-7(15)5-13-4-6(14)9(10,11)12/h6,13-14H,4-5H2,1-3H3. The van der Waals surface area contributed by atoms with Crippen LogP contribution in [-0.4, -0.2) is 42.0 Å². The number of hydrogen-bond acceptors (Lipinski definition) is 4. The van der Waals surface area contributed by atoms with Crippen LogP contribution in [0.1, 0.15) is 20.8 Å². The molecule has 0 aliphatic rings. The molecule has 0 heterocycles. The van der Waals surface area contributed by atoms with Crippen LogP contribution in [0.15, 0.2) is 0 Å². The van der Waals surface area contributed by atoms with E-state index in [9.17, 15) is 18.0 Å². The molecule has 0 aromatic carbocycles. The number of hydrogen-bond donors (Lipinski definition) is 2. The van der Waals surface area contributed by atoms with Gasteiger partial charge in [-0.05, 0) is 20.8 Å². The molecule has 2 N–H and O–H groups in total. The van der Waals surface area contributed by atoms with E-state index >= 15 is 0 Å². The first-order valence-corrected chi connectivity index (χ1v) is 4.70. The highest BCUT2D eigenvalue weighted by atomic mass is 19.4. The van der Waals surface area contributed by atoms with Crippen LogP contribution in [0, 0.1) is 0 Å². The Morgan fingerprint density at radius 2 is 1.88 bits per heavy atom. The van der Waals surface area contributed by atoms with Crippen LogP contribution < -0.4 is 5.32 Å². The van der Waals surface area contributed by atoms with E-state index in [-0.39, 0.29) is 6.54 Å². The first-order chi connectivity index (χ1) is 7.02. The van der Waals surface area contributed by atoms with Gasteiger partial charge in [0.25, 0.3) is 0 Å². The quantitative estimate of drug-likeness (QED) is 0.718. The highest BCUT2D eigenvalue weighted by molar-refractivity contribution is 5.72. The van der Waals surface area contributed by atoms with Crippen molar-refractivity contribution in [2.24, 2.45) is 0 Å². The summed E-state index contributed by atoms with van der Waals surface area (Å²) in [7, 11) is 0. The number of halogens is 3. The second kappa shape index (κ2) is 5.49. The van der Waals surface area contributed by atoms with E-state index < -0.39 is 30.4 Å². The van der Waals surface area contributed by atoms with Crippen molar-refractivity contribution < 1.29 is 27.8 Å². The van der Waals surface area contributed by atoms with Gasteiger partial charge in [-0.3, -0.25) is 4.79 Å². The molecule has 1 atom stereocenters. The topological polar surface area (TPSA) is 58.6 Å². The predicted molar refractivity (Wildman–Crippen MR) is 50.8 cm³/mol. The number of alkyl halides is 3. The highest BCUT2D eigenvalue weighted by Crippen LogP contribution is 2.19. The lowest BCUT2D eigenvalue weighted by atomic mass is 10.2. The molecule has 4 nitrogen and oxygen atoms in total. The minimum Gasteiger partial charge on any atom is -0.459 e. The second-order valence-corrected chi connectivity index (χ2v) is 4.27. The molecule has 0 saturated carbocycles. The summed E-state index contributed by atoms with van der Waals surface area (Å²) < 4.78 is 40.4. The number of carbonyl (C=O) groups excluding carboxylic acids is 1. The minimum absolute atomic E-state index is 0.371. The van der Waals surface area contributed by atoms with Crippen LogP contribution in [0.2, 0.25) is 0 Å². The van der Waals surface area contributed by atoms with Crippen LogP contribution in [0.5, 0.6) is 0 Å². The number of rotatable bonds is 4. The molecule has 0 aliphatic carbocycles. The number of aliphatic hydroxyl groups excluding tert-OH is 1. The van der Waals surface area contributed by atoms with Crippen molar-refractivity contribution in [3.8, 4) is 0 Å². The maximum Gasteiger partial charge on any atom is 0.415 e. The van der Waals surface area contributed by atoms with E-state index in [1.54, 1.807) is 20.8 Å². The molecule has 1 unspecified atom stereocenters. The first-order valence-electron chi connectivity index (χ1n) is 4.70. The van der Waals surface area contributed by atoms with Crippen molar-refractivity contribution in [2.75, 3.05) is 13.1 Å². The maximum atomic E-state index is 11.8. The van der Waals surface area contributed by atoms with E-state index in [0.717, 1.165) is 0 Å². The monoisotopic (exact) mass is 243 g/mol. The van der Waals surface area contributed by atoms with Gasteiger partial charge in [-0.2, -0.15) is 13.2 Å². The lowest BCUT2D eigenvalue weighted by Crippen LogP contribution is -2.41. The third-order valence-electron chi connectivity index (χ3n) is 1.40. The molecule has 0 fully saturated rings. The molecule has 7 heteroatoms. The number of carbonyl (C=O) groups is 1. The van der Waals surface area contributed by atoms with Gasteiger partial charge in [-0.1, -0.05) is 0 Å². The highest BCUT2D eigenvalue weighted by Gasteiger charge is 2.37. The number of ether oxygens (including phenoxy) is 1. The molecule has 0 amide bonds. The Bertz CT molecular complexity index is 235.